The zero-order valence-electron chi connectivity index (χ0n) is 10.9. The van der Waals surface area contributed by atoms with Crippen LogP contribution in [-0.2, 0) is 11.3 Å². The van der Waals surface area contributed by atoms with E-state index in [-0.39, 0.29) is 6.61 Å². The molecule has 0 aliphatic rings. The van der Waals surface area contributed by atoms with Crippen LogP contribution in [0.15, 0.2) is 54.6 Å². The van der Waals surface area contributed by atoms with Gasteiger partial charge in [-0.05, 0) is 29.8 Å². The largest absolute Gasteiger partial charge is 0.482 e. The van der Waals surface area contributed by atoms with Crippen molar-refractivity contribution in [3.63, 3.8) is 0 Å². The highest BCUT2D eigenvalue weighted by Gasteiger charge is 2.00. The molecule has 2 rings (SSSR count). The predicted octanol–water partition coefficient (Wildman–Crippen LogP) is 2.27. The molecule has 3 N–H and O–H groups in total. The van der Waals surface area contributed by atoms with Crippen LogP contribution in [0.5, 0.6) is 5.75 Å². The van der Waals surface area contributed by atoms with Gasteiger partial charge in [0.25, 0.3) is 0 Å². The number of hydrogen-bond acceptors (Lipinski definition) is 4. The van der Waals surface area contributed by atoms with Crippen molar-refractivity contribution in [3.8, 4) is 5.75 Å². The van der Waals surface area contributed by atoms with E-state index < -0.39 is 5.97 Å². The molecule has 0 heterocycles. The standard InChI is InChI=1S/C15H16N2O3/c18-15(19)11-20-14-8-4-5-12(9-14)10-16-17-13-6-2-1-3-7-13/h1-9,16-17H,10-11H2,(H,18,19). The molecule has 0 spiro atoms. The van der Waals surface area contributed by atoms with Gasteiger partial charge in [-0.3, -0.25) is 0 Å². The van der Waals surface area contributed by atoms with Gasteiger partial charge in [-0.15, -0.1) is 0 Å². The number of anilines is 1. The maximum atomic E-state index is 10.4. The van der Waals surface area contributed by atoms with Gasteiger partial charge >= 0.3 is 5.97 Å². The molecule has 2 aromatic rings. The fourth-order valence-electron chi connectivity index (χ4n) is 1.66. The summed E-state index contributed by atoms with van der Waals surface area (Å²) in [4.78, 5) is 10.4. The van der Waals surface area contributed by atoms with E-state index in [0.717, 1.165) is 11.3 Å². The van der Waals surface area contributed by atoms with Crippen LogP contribution in [0.4, 0.5) is 5.69 Å². The molecule has 20 heavy (non-hydrogen) atoms. The molecule has 104 valence electrons. The monoisotopic (exact) mass is 272 g/mol. The number of ether oxygens (including phenoxy) is 1. The third kappa shape index (κ3) is 4.62. The number of hydrazine groups is 1. The molecule has 0 atom stereocenters. The summed E-state index contributed by atoms with van der Waals surface area (Å²) in [5.41, 5.74) is 8.14. The van der Waals surface area contributed by atoms with Crippen molar-refractivity contribution in [1.82, 2.24) is 5.43 Å². The van der Waals surface area contributed by atoms with Crippen LogP contribution in [0, 0.1) is 0 Å². The fraction of sp³-hybridized carbons (Fsp3) is 0.133. The summed E-state index contributed by atoms with van der Waals surface area (Å²) in [6, 6.07) is 17.1. The lowest BCUT2D eigenvalue weighted by atomic mass is 10.2. The number of nitrogens with one attached hydrogen (secondary N) is 2. The van der Waals surface area contributed by atoms with Crippen LogP contribution in [0.1, 0.15) is 5.56 Å². The molecule has 0 bridgehead atoms. The topological polar surface area (TPSA) is 70.6 Å². The summed E-state index contributed by atoms with van der Waals surface area (Å²) >= 11 is 0. The second-order valence-corrected chi connectivity index (χ2v) is 4.17. The lowest BCUT2D eigenvalue weighted by Gasteiger charge is -2.09. The minimum absolute atomic E-state index is 0.334. The number of aliphatic carboxylic acids is 1. The SMILES string of the molecule is O=C(O)COc1cccc(CNNc2ccccc2)c1. The summed E-state index contributed by atoms with van der Waals surface area (Å²) < 4.78 is 5.12. The Labute approximate surface area is 117 Å². The zero-order valence-corrected chi connectivity index (χ0v) is 10.9. The number of benzene rings is 2. The van der Waals surface area contributed by atoms with Gasteiger partial charge in [-0.1, -0.05) is 30.3 Å². The molecular formula is C15H16N2O3. The number of hydrogen-bond donors (Lipinski definition) is 3. The molecule has 0 saturated heterocycles. The first-order chi connectivity index (χ1) is 9.74. The Hall–Kier alpha value is -2.53. The van der Waals surface area contributed by atoms with Gasteiger partial charge in [0.15, 0.2) is 6.61 Å². The lowest BCUT2D eigenvalue weighted by Crippen LogP contribution is -2.20. The third-order valence-corrected chi connectivity index (χ3v) is 2.56. The Balaban J connectivity index is 1.83. The molecular weight excluding hydrogens is 256 g/mol. The van der Waals surface area contributed by atoms with Crippen LogP contribution in [0.2, 0.25) is 0 Å². The second kappa shape index (κ2) is 7.16. The average molecular weight is 272 g/mol. The molecule has 0 radical (unpaired) electrons. The van der Waals surface area contributed by atoms with E-state index in [1.54, 1.807) is 6.07 Å². The van der Waals surface area contributed by atoms with E-state index in [1.807, 2.05) is 48.5 Å². The molecule has 0 fully saturated rings. The van der Waals surface area contributed by atoms with Crippen molar-refractivity contribution in [1.29, 1.82) is 0 Å². The molecule has 5 nitrogen and oxygen atoms in total. The van der Waals surface area contributed by atoms with Gasteiger partial charge in [0.1, 0.15) is 5.75 Å². The predicted molar refractivity (Wildman–Crippen MR) is 76.5 cm³/mol. The molecule has 0 aliphatic carbocycles. The zero-order chi connectivity index (χ0) is 14.2. The fourth-order valence-corrected chi connectivity index (χ4v) is 1.66. The average Bonchev–Trinajstić information content (AvgIpc) is 2.47. The minimum Gasteiger partial charge on any atom is -0.482 e. The van der Waals surface area contributed by atoms with Crippen LogP contribution in [-0.4, -0.2) is 17.7 Å². The molecule has 2 aromatic carbocycles. The Morgan fingerprint density at radius 3 is 2.65 bits per heavy atom. The van der Waals surface area contributed by atoms with Gasteiger partial charge in [0, 0.05) is 12.2 Å². The van der Waals surface area contributed by atoms with Crippen molar-refractivity contribution in [2.75, 3.05) is 12.0 Å². The van der Waals surface area contributed by atoms with Crippen LogP contribution in [0.25, 0.3) is 0 Å². The second-order valence-electron chi connectivity index (χ2n) is 4.17. The van der Waals surface area contributed by atoms with Gasteiger partial charge in [-0.2, -0.15) is 0 Å². The lowest BCUT2D eigenvalue weighted by molar-refractivity contribution is -0.139. The van der Waals surface area contributed by atoms with Crippen molar-refractivity contribution in [3.05, 3.63) is 60.2 Å². The summed E-state index contributed by atoms with van der Waals surface area (Å²) in [6.45, 7) is 0.262. The first-order valence-electron chi connectivity index (χ1n) is 6.21. The van der Waals surface area contributed by atoms with Crippen molar-refractivity contribution < 1.29 is 14.6 Å². The van der Waals surface area contributed by atoms with Gasteiger partial charge in [-0.25, -0.2) is 10.2 Å². The van der Waals surface area contributed by atoms with Crippen molar-refractivity contribution in [2.45, 2.75) is 6.54 Å². The van der Waals surface area contributed by atoms with E-state index in [4.69, 9.17) is 9.84 Å². The number of carbonyl (C=O) groups is 1. The summed E-state index contributed by atoms with van der Waals surface area (Å²) in [7, 11) is 0. The first-order valence-corrected chi connectivity index (χ1v) is 6.21. The highest BCUT2D eigenvalue weighted by Crippen LogP contribution is 2.13. The number of carboxylic acid groups (broad SMARTS) is 1. The third-order valence-electron chi connectivity index (χ3n) is 2.56. The van der Waals surface area contributed by atoms with Crippen molar-refractivity contribution >= 4 is 11.7 Å². The quantitative estimate of drug-likeness (QED) is 0.674. The molecule has 0 amide bonds. The summed E-state index contributed by atoms with van der Waals surface area (Å²) in [5.74, 6) is -0.439. The van der Waals surface area contributed by atoms with Gasteiger partial charge < -0.3 is 15.3 Å². The molecule has 0 saturated carbocycles. The molecule has 0 aromatic heterocycles. The Morgan fingerprint density at radius 1 is 1.10 bits per heavy atom. The van der Waals surface area contributed by atoms with Crippen LogP contribution < -0.4 is 15.6 Å². The summed E-state index contributed by atoms with van der Waals surface area (Å²) in [6.07, 6.45) is 0. The number of carboxylic acids is 1. The normalized spacial score (nSPS) is 10.0. The maximum Gasteiger partial charge on any atom is 0.341 e. The number of rotatable bonds is 7. The Morgan fingerprint density at radius 2 is 1.90 bits per heavy atom. The highest BCUT2D eigenvalue weighted by molar-refractivity contribution is 5.68. The highest BCUT2D eigenvalue weighted by atomic mass is 16.5. The van der Waals surface area contributed by atoms with Crippen LogP contribution in [0.3, 0.4) is 0 Å². The Kier molecular flexibility index (Phi) is 4.97. The van der Waals surface area contributed by atoms with Gasteiger partial charge in [0.05, 0.1) is 0 Å². The first kappa shape index (κ1) is 13.9. The minimum atomic E-state index is -0.987. The maximum absolute atomic E-state index is 10.4. The molecule has 5 heteroatoms. The van der Waals surface area contributed by atoms with E-state index in [0.29, 0.717) is 12.3 Å². The molecule has 0 aliphatic heterocycles. The van der Waals surface area contributed by atoms with E-state index in [9.17, 15) is 4.79 Å². The van der Waals surface area contributed by atoms with Gasteiger partial charge in [0.2, 0.25) is 0 Å². The Bertz CT molecular complexity index is 558. The van der Waals surface area contributed by atoms with E-state index >= 15 is 0 Å². The summed E-state index contributed by atoms with van der Waals surface area (Å²) in [5, 5.41) is 8.56. The van der Waals surface area contributed by atoms with E-state index in [1.165, 1.54) is 0 Å². The van der Waals surface area contributed by atoms with Crippen molar-refractivity contribution in [2.24, 2.45) is 0 Å². The molecule has 0 unspecified atom stereocenters. The smallest absolute Gasteiger partial charge is 0.341 e. The van der Waals surface area contributed by atoms with Crippen LogP contribution >= 0.6 is 0 Å². The van der Waals surface area contributed by atoms with E-state index in [2.05, 4.69) is 10.9 Å². The number of para-hydroxylation sites is 1.